The van der Waals surface area contributed by atoms with Crippen LogP contribution in [0.4, 0.5) is 5.69 Å². The van der Waals surface area contributed by atoms with Gasteiger partial charge in [-0.1, -0.05) is 65.9 Å². The molecule has 7 heteroatoms. The van der Waals surface area contributed by atoms with Crippen molar-refractivity contribution >= 4 is 17.6 Å². The van der Waals surface area contributed by atoms with Gasteiger partial charge in [-0.25, -0.2) is 9.48 Å². The molecule has 34 heavy (non-hydrogen) atoms. The fourth-order valence-electron chi connectivity index (χ4n) is 4.33. The Morgan fingerprint density at radius 3 is 2.32 bits per heavy atom. The third kappa shape index (κ3) is 4.08. The summed E-state index contributed by atoms with van der Waals surface area (Å²) in [4.78, 5) is 27.8. The summed E-state index contributed by atoms with van der Waals surface area (Å²) < 4.78 is 6.77. The largest absolute Gasteiger partial charge is 0.462 e. The summed E-state index contributed by atoms with van der Waals surface area (Å²) in [7, 11) is 0. The highest BCUT2D eigenvalue weighted by atomic mass is 16.5. The lowest BCUT2D eigenvalue weighted by Gasteiger charge is -2.35. The van der Waals surface area contributed by atoms with Crippen molar-refractivity contribution in [3.8, 4) is 0 Å². The quantitative estimate of drug-likeness (QED) is 0.404. The van der Waals surface area contributed by atoms with E-state index in [1.165, 1.54) is 0 Å². The maximum absolute atomic E-state index is 13.9. The van der Waals surface area contributed by atoms with Gasteiger partial charge >= 0.3 is 5.97 Å². The number of nitrogens with zero attached hydrogens (tertiary/aromatic N) is 4. The maximum Gasteiger partial charge on any atom is 0.338 e. The molecule has 0 fully saturated rings. The summed E-state index contributed by atoms with van der Waals surface area (Å²) in [6.45, 7) is 2.54. The van der Waals surface area contributed by atoms with Crippen LogP contribution in [0.1, 0.15) is 50.6 Å². The molecule has 1 atom stereocenters. The number of benzene rings is 3. The van der Waals surface area contributed by atoms with Gasteiger partial charge in [0.25, 0.3) is 5.91 Å². The minimum absolute atomic E-state index is 0.167. The number of hydrogen-bond donors (Lipinski definition) is 0. The summed E-state index contributed by atoms with van der Waals surface area (Å²) in [5, 5.41) is 8.68. The lowest BCUT2D eigenvalue weighted by molar-refractivity contribution is 0.0526. The van der Waals surface area contributed by atoms with E-state index in [4.69, 9.17) is 4.74 Å². The van der Waals surface area contributed by atoms with Crippen LogP contribution in [0, 0.1) is 0 Å². The van der Waals surface area contributed by atoms with Crippen LogP contribution in [0.15, 0.2) is 84.9 Å². The molecule has 5 rings (SSSR count). The lowest BCUT2D eigenvalue weighted by Crippen LogP contribution is -2.41. The van der Waals surface area contributed by atoms with Gasteiger partial charge in [0, 0.05) is 12.1 Å². The van der Waals surface area contributed by atoms with Gasteiger partial charge in [0.1, 0.15) is 0 Å². The summed E-state index contributed by atoms with van der Waals surface area (Å²) in [5.41, 5.74) is 4.37. The number of fused-ring (bicyclic) bond motifs is 1. The van der Waals surface area contributed by atoms with Crippen molar-refractivity contribution in [2.75, 3.05) is 11.5 Å². The smallest absolute Gasteiger partial charge is 0.338 e. The van der Waals surface area contributed by atoms with Crippen LogP contribution < -0.4 is 4.90 Å². The molecule has 0 saturated carbocycles. The van der Waals surface area contributed by atoms with Gasteiger partial charge < -0.3 is 4.74 Å². The van der Waals surface area contributed by atoms with Gasteiger partial charge in [-0.05, 0) is 42.3 Å². The molecule has 0 saturated heterocycles. The van der Waals surface area contributed by atoms with E-state index in [0.29, 0.717) is 42.2 Å². The first kappa shape index (κ1) is 21.6. The van der Waals surface area contributed by atoms with Crippen LogP contribution in [0.3, 0.4) is 0 Å². The number of anilines is 1. The summed E-state index contributed by atoms with van der Waals surface area (Å²) in [6.07, 6.45) is 0.541. The van der Waals surface area contributed by atoms with E-state index in [9.17, 15) is 9.59 Å². The Hall–Kier alpha value is -4.26. The topological polar surface area (TPSA) is 77.3 Å². The molecule has 1 amide bonds. The Kier molecular flexibility index (Phi) is 5.91. The van der Waals surface area contributed by atoms with Gasteiger partial charge in [-0.15, -0.1) is 5.10 Å². The maximum atomic E-state index is 13.9. The van der Waals surface area contributed by atoms with Crippen LogP contribution in [0.25, 0.3) is 0 Å². The zero-order chi connectivity index (χ0) is 23.5. The molecular formula is C27H24N4O3. The number of amides is 1. The van der Waals surface area contributed by atoms with Crippen molar-refractivity contribution in [3.05, 3.63) is 113 Å². The van der Waals surface area contributed by atoms with Gasteiger partial charge in [0.05, 0.1) is 30.5 Å². The number of carbonyl (C=O) groups is 2. The standard InChI is InChI=1S/C27H24N4O3/c1-2-34-27(33)21-13-15-22(16-14-21)31-24(20-11-7-4-8-12-20)17-23-25(26(31)32)30(29-28-23)18-19-9-5-3-6-10-19/h3-16,24H,2,17-18H2,1H3. The SMILES string of the molecule is CCOC(=O)c1ccc(N2C(=O)c3c(nnn3Cc3ccccc3)CC2c2ccccc2)cc1. The first-order chi connectivity index (χ1) is 16.7. The molecule has 1 aromatic heterocycles. The predicted octanol–water partition coefficient (Wildman–Crippen LogP) is 4.45. The number of carbonyl (C=O) groups excluding carboxylic acids is 2. The second kappa shape index (κ2) is 9.31. The predicted molar refractivity (Wildman–Crippen MR) is 128 cm³/mol. The third-order valence-corrected chi connectivity index (χ3v) is 5.94. The summed E-state index contributed by atoms with van der Waals surface area (Å²) >= 11 is 0. The van der Waals surface area contributed by atoms with Crippen LogP contribution in [0.5, 0.6) is 0 Å². The first-order valence-corrected chi connectivity index (χ1v) is 11.3. The van der Waals surface area contributed by atoms with Crippen LogP contribution >= 0.6 is 0 Å². The first-order valence-electron chi connectivity index (χ1n) is 11.3. The number of ether oxygens (including phenoxy) is 1. The normalized spacial score (nSPS) is 15.1. The molecule has 7 nitrogen and oxygen atoms in total. The van der Waals surface area contributed by atoms with E-state index in [2.05, 4.69) is 10.3 Å². The molecule has 1 aliphatic heterocycles. The number of hydrogen-bond acceptors (Lipinski definition) is 5. The van der Waals surface area contributed by atoms with E-state index in [-0.39, 0.29) is 17.9 Å². The summed E-state index contributed by atoms with van der Waals surface area (Å²) in [5.74, 6) is -0.550. The molecular weight excluding hydrogens is 428 g/mol. The Morgan fingerprint density at radius 2 is 1.65 bits per heavy atom. The molecule has 0 N–H and O–H groups in total. The molecule has 0 spiro atoms. The van der Waals surface area contributed by atoms with E-state index in [0.717, 1.165) is 11.1 Å². The molecule has 1 aliphatic rings. The van der Waals surface area contributed by atoms with Gasteiger partial charge in [-0.3, -0.25) is 9.69 Å². The van der Waals surface area contributed by atoms with E-state index >= 15 is 0 Å². The average molecular weight is 453 g/mol. The van der Waals surface area contributed by atoms with Crippen molar-refractivity contribution in [1.82, 2.24) is 15.0 Å². The molecule has 2 heterocycles. The van der Waals surface area contributed by atoms with Crippen molar-refractivity contribution in [2.24, 2.45) is 0 Å². The fourth-order valence-corrected chi connectivity index (χ4v) is 4.33. The molecule has 0 radical (unpaired) electrons. The van der Waals surface area contributed by atoms with Crippen molar-refractivity contribution in [2.45, 2.75) is 25.9 Å². The van der Waals surface area contributed by atoms with Crippen LogP contribution in [0.2, 0.25) is 0 Å². The molecule has 4 aromatic rings. The highest BCUT2D eigenvalue weighted by Gasteiger charge is 2.38. The van der Waals surface area contributed by atoms with E-state index in [1.807, 2.05) is 60.7 Å². The van der Waals surface area contributed by atoms with E-state index < -0.39 is 0 Å². The molecule has 1 unspecified atom stereocenters. The third-order valence-electron chi connectivity index (χ3n) is 5.94. The summed E-state index contributed by atoms with van der Waals surface area (Å²) in [6, 6.07) is 26.5. The number of aromatic nitrogens is 3. The molecule has 0 bridgehead atoms. The second-order valence-corrected chi connectivity index (χ2v) is 8.10. The Bertz CT molecular complexity index is 1300. The van der Waals surface area contributed by atoms with Gasteiger partial charge in [0.2, 0.25) is 0 Å². The number of rotatable bonds is 6. The van der Waals surface area contributed by atoms with Crippen molar-refractivity contribution in [3.63, 3.8) is 0 Å². The molecule has 3 aromatic carbocycles. The van der Waals surface area contributed by atoms with Gasteiger partial charge in [-0.2, -0.15) is 0 Å². The number of esters is 1. The zero-order valence-corrected chi connectivity index (χ0v) is 18.8. The van der Waals surface area contributed by atoms with Crippen molar-refractivity contribution in [1.29, 1.82) is 0 Å². The second-order valence-electron chi connectivity index (χ2n) is 8.10. The Morgan fingerprint density at radius 1 is 0.971 bits per heavy atom. The molecule has 170 valence electrons. The average Bonchev–Trinajstić information content (AvgIpc) is 3.28. The molecule has 0 aliphatic carbocycles. The highest BCUT2D eigenvalue weighted by molar-refractivity contribution is 6.07. The minimum atomic E-state index is -0.383. The van der Waals surface area contributed by atoms with Crippen LogP contribution in [-0.4, -0.2) is 33.5 Å². The minimum Gasteiger partial charge on any atom is -0.462 e. The zero-order valence-electron chi connectivity index (χ0n) is 18.8. The van der Waals surface area contributed by atoms with Gasteiger partial charge in [0.15, 0.2) is 5.69 Å². The Labute approximate surface area is 197 Å². The van der Waals surface area contributed by atoms with Crippen LogP contribution in [-0.2, 0) is 17.7 Å². The fraction of sp³-hybridized carbons (Fsp3) is 0.185. The Balaban J connectivity index is 1.54. The highest BCUT2D eigenvalue weighted by Crippen LogP contribution is 2.36. The lowest BCUT2D eigenvalue weighted by atomic mass is 9.94. The van der Waals surface area contributed by atoms with Crippen molar-refractivity contribution < 1.29 is 14.3 Å². The monoisotopic (exact) mass is 452 g/mol. The van der Waals surface area contributed by atoms with E-state index in [1.54, 1.807) is 40.8 Å².